The van der Waals surface area contributed by atoms with Gasteiger partial charge in [0, 0.05) is 12.8 Å². The van der Waals surface area contributed by atoms with Gasteiger partial charge in [0.15, 0.2) is 0 Å². The lowest BCUT2D eigenvalue weighted by Crippen LogP contribution is -2.45. The van der Waals surface area contributed by atoms with E-state index in [2.05, 4.69) is 43.5 Å². The van der Waals surface area contributed by atoms with Crippen molar-refractivity contribution in [2.75, 3.05) is 13.2 Å². The molecule has 0 saturated carbocycles. The zero-order chi connectivity index (χ0) is 47.2. The summed E-state index contributed by atoms with van der Waals surface area (Å²) in [6.07, 6.45) is 65.9. The fourth-order valence-electron chi connectivity index (χ4n) is 9.02. The molecule has 0 aromatic carbocycles. The summed E-state index contributed by atoms with van der Waals surface area (Å²) in [5, 5.41) is 23.3. The SMILES string of the molecule is CCCCC/C=C\C/C=C\CCCCCCCCCC(=O)OCCCCCCCCCCCCCCCCCC(=O)NC(CO)C(O)CCCCCCCCCCCCCCCCCC. The van der Waals surface area contributed by atoms with Gasteiger partial charge in [-0.3, -0.25) is 9.59 Å². The van der Waals surface area contributed by atoms with Crippen LogP contribution in [0.15, 0.2) is 24.3 Å². The number of rotatable bonds is 54. The number of hydrogen-bond donors (Lipinski definition) is 3. The fourth-order valence-corrected chi connectivity index (χ4v) is 9.02. The minimum atomic E-state index is -0.670. The van der Waals surface area contributed by atoms with E-state index in [1.807, 2.05) is 0 Å². The Hall–Kier alpha value is -1.66. The Labute approximate surface area is 405 Å². The zero-order valence-corrected chi connectivity index (χ0v) is 43.7. The van der Waals surface area contributed by atoms with Crippen molar-refractivity contribution in [1.29, 1.82) is 0 Å². The van der Waals surface area contributed by atoms with Gasteiger partial charge >= 0.3 is 5.97 Å². The molecule has 0 spiro atoms. The lowest BCUT2D eigenvalue weighted by Gasteiger charge is -2.22. The van der Waals surface area contributed by atoms with Gasteiger partial charge in [-0.15, -0.1) is 0 Å². The number of carbonyl (C=O) groups excluding carboxylic acids is 2. The first-order valence-electron chi connectivity index (χ1n) is 29.1. The number of unbranched alkanes of at least 4 members (excludes halogenated alkanes) is 39. The van der Waals surface area contributed by atoms with Gasteiger partial charge < -0.3 is 20.3 Å². The molecule has 0 aliphatic heterocycles. The minimum Gasteiger partial charge on any atom is -0.466 e. The Bertz CT molecular complexity index is 1010. The fraction of sp³-hybridized carbons (Fsp3) is 0.898. The third-order valence-corrected chi connectivity index (χ3v) is 13.5. The van der Waals surface area contributed by atoms with Crippen molar-refractivity contribution in [3.8, 4) is 0 Å². The number of hydrogen-bond acceptors (Lipinski definition) is 5. The molecule has 1 amide bonds. The van der Waals surface area contributed by atoms with Crippen molar-refractivity contribution in [2.45, 2.75) is 328 Å². The van der Waals surface area contributed by atoms with Crippen LogP contribution in [-0.2, 0) is 14.3 Å². The first-order valence-corrected chi connectivity index (χ1v) is 29.1. The third kappa shape index (κ3) is 51.6. The van der Waals surface area contributed by atoms with Crippen LogP contribution >= 0.6 is 0 Å². The van der Waals surface area contributed by atoms with Gasteiger partial charge in [0.2, 0.25) is 5.91 Å². The van der Waals surface area contributed by atoms with Crippen LogP contribution in [0.25, 0.3) is 0 Å². The van der Waals surface area contributed by atoms with Gasteiger partial charge in [-0.2, -0.15) is 0 Å². The molecule has 65 heavy (non-hydrogen) atoms. The Kier molecular flexibility index (Phi) is 53.5. The molecule has 2 atom stereocenters. The summed E-state index contributed by atoms with van der Waals surface area (Å²) in [6, 6.07) is -0.548. The van der Waals surface area contributed by atoms with Crippen molar-refractivity contribution in [3.05, 3.63) is 24.3 Å². The molecular weight excluding hydrogens is 803 g/mol. The molecule has 0 aromatic rings. The average Bonchev–Trinajstić information content (AvgIpc) is 3.31. The molecule has 0 aromatic heterocycles. The summed E-state index contributed by atoms with van der Waals surface area (Å²) in [5.74, 6) is -0.0486. The molecule has 0 rings (SSSR count). The van der Waals surface area contributed by atoms with E-state index in [0.717, 1.165) is 57.8 Å². The van der Waals surface area contributed by atoms with E-state index in [4.69, 9.17) is 4.74 Å². The maximum atomic E-state index is 12.5. The molecule has 0 aliphatic carbocycles. The number of ether oxygens (including phenoxy) is 1. The number of carbonyl (C=O) groups is 2. The van der Waals surface area contributed by atoms with Gasteiger partial charge in [0.05, 0.1) is 25.4 Å². The van der Waals surface area contributed by atoms with Crippen molar-refractivity contribution >= 4 is 11.9 Å². The summed E-state index contributed by atoms with van der Waals surface area (Å²) in [5.41, 5.74) is 0. The van der Waals surface area contributed by atoms with Crippen LogP contribution in [-0.4, -0.2) is 47.4 Å². The van der Waals surface area contributed by atoms with Crippen molar-refractivity contribution < 1.29 is 24.5 Å². The number of aliphatic hydroxyl groups excluding tert-OH is 2. The summed E-state index contributed by atoms with van der Waals surface area (Å²) < 4.78 is 5.48. The van der Waals surface area contributed by atoms with Crippen LogP contribution in [0.4, 0.5) is 0 Å². The number of esters is 1. The van der Waals surface area contributed by atoms with Crippen molar-refractivity contribution in [3.63, 3.8) is 0 Å². The number of allylic oxidation sites excluding steroid dienone is 4. The van der Waals surface area contributed by atoms with Crippen LogP contribution < -0.4 is 5.32 Å². The quantitative estimate of drug-likeness (QED) is 0.0321. The van der Waals surface area contributed by atoms with Gasteiger partial charge in [0.25, 0.3) is 0 Å². The Morgan fingerprint density at radius 3 is 1.20 bits per heavy atom. The molecular formula is C59H113NO5. The topological polar surface area (TPSA) is 95.9 Å². The molecule has 3 N–H and O–H groups in total. The molecule has 0 radical (unpaired) electrons. The van der Waals surface area contributed by atoms with Crippen LogP contribution in [0, 0.1) is 0 Å². The molecule has 384 valence electrons. The maximum absolute atomic E-state index is 12.5. The van der Waals surface area contributed by atoms with Gasteiger partial charge in [-0.25, -0.2) is 0 Å². The Morgan fingerprint density at radius 1 is 0.431 bits per heavy atom. The molecule has 0 bridgehead atoms. The Balaban J connectivity index is 3.43. The van der Waals surface area contributed by atoms with E-state index in [-0.39, 0.29) is 18.5 Å². The summed E-state index contributed by atoms with van der Waals surface area (Å²) in [4.78, 5) is 24.5. The largest absolute Gasteiger partial charge is 0.466 e. The predicted molar refractivity (Wildman–Crippen MR) is 283 cm³/mol. The monoisotopic (exact) mass is 916 g/mol. The van der Waals surface area contributed by atoms with E-state index in [9.17, 15) is 19.8 Å². The smallest absolute Gasteiger partial charge is 0.305 e. The lowest BCUT2D eigenvalue weighted by molar-refractivity contribution is -0.143. The zero-order valence-electron chi connectivity index (χ0n) is 43.7. The molecule has 2 unspecified atom stereocenters. The van der Waals surface area contributed by atoms with E-state index in [0.29, 0.717) is 25.9 Å². The average molecular weight is 917 g/mol. The summed E-state index contributed by atoms with van der Waals surface area (Å²) in [7, 11) is 0. The molecule has 0 saturated heterocycles. The maximum Gasteiger partial charge on any atom is 0.305 e. The summed E-state index contributed by atoms with van der Waals surface area (Å²) in [6.45, 7) is 4.92. The molecule has 6 heteroatoms. The highest BCUT2D eigenvalue weighted by Crippen LogP contribution is 2.17. The first-order chi connectivity index (χ1) is 32.0. The number of aliphatic hydroxyl groups is 2. The van der Waals surface area contributed by atoms with Crippen molar-refractivity contribution in [2.24, 2.45) is 0 Å². The molecule has 0 fully saturated rings. The van der Waals surface area contributed by atoms with E-state index >= 15 is 0 Å². The standard InChI is InChI=1S/C59H113NO5/c1-3-5-7-9-11-13-15-17-19-21-25-29-33-37-41-45-49-53-59(64)65-54-50-46-42-38-34-30-26-22-24-28-32-36-40-44-48-52-58(63)60-56(55-61)57(62)51-47-43-39-35-31-27-23-20-18-16-14-12-10-8-6-4-2/h11,13,17,19,56-57,61-62H,3-10,12,14-16,18,20-55H2,1-2H3,(H,60,63)/b13-11-,19-17-. The third-order valence-electron chi connectivity index (χ3n) is 13.5. The predicted octanol–water partition coefficient (Wildman–Crippen LogP) is 17.9. The molecule has 6 nitrogen and oxygen atoms in total. The lowest BCUT2D eigenvalue weighted by atomic mass is 10.0. The van der Waals surface area contributed by atoms with Crippen LogP contribution in [0.3, 0.4) is 0 Å². The Morgan fingerprint density at radius 2 is 0.769 bits per heavy atom. The van der Waals surface area contributed by atoms with E-state index < -0.39 is 12.1 Å². The highest BCUT2D eigenvalue weighted by molar-refractivity contribution is 5.76. The second-order valence-corrected chi connectivity index (χ2v) is 20.0. The number of nitrogens with one attached hydrogen (secondary N) is 1. The van der Waals surface area contributed by atoms with Gasteiger partial charge in [-0.05, 0) is 57.8 Å². The highest BCUT2D eigenvalue weighted by Gasteiger charge is 2.20. The van der Waals surface area contributed by atoms with Crippen molar-refractivity contribution in [1.82, 2.24) is 5.32 Å². The van der Waals surface area contributed by atoms with Gasteiger partial charge in [0.1, 0.15) is 0 Å². The molecule has 0 aliphatic rings. The highest BCUT2D eigenvalue weighted by atomic mass is 16.5. The van der Waals surface area contributed by atoms with E-state index in [1.54, 1.807) is 0 Å². The minimum absolute atomic E-state index is 0.00661. The summed E-state index contributed by atoms with van der Waals surface area (Å²) >= 11 is 0. The first kappa shape index (κ1) is 63.3. The second kappa shape index (κ2) is 54.9. The van der Waals surface area contributed by atoms with Crippen LogP contribution in [0.5, 0.6) is 0 Å². The van der Waals surface area contributed by atoms with Crippen LogP contribution in [0.1, 0.15) is 316 Å². The second-order valence-electron chi connectivity index (χ2n) is 20.0. The van der Waals surface area contributed by atoms with Crippen LogP contribution in [0.2, 0.25) is 0 Å². The number of amides is 1. The molecule has 0 heterocycles. The van der Waals surface area contributed by atoms with Gasteiger partial charge in [-0.1, -0.05) is 269 Å². The van der Waals surface area contributed by atoms with E-state index in [1.165, 1.54) is 225 Å². The normalized spacial score (nSPS) is 12.7.